The lowest BCUT2D eigenvalue weighted by Crippen LogP contribution is -1.96. The minimum atomic E-state index is -0.621. The van der Waals surface area contributed by atoms with Crippen molar-refractivity contribution in [2.24, 2.45) is 0 Å². The monoisotopic (exact) mass is 211 g/mol. The summed E-state index contributed by atoms with van der Waals surface area (Å²) >= 11 is 0. The molecule has 0 saturated carbocycles. The van der Waals surface area contributed by atoms with E-state index in [9.17, 15) is 15.2 Å². The molecular weight excluding hydrogens is 198 g/mol. The highest BCUT2D eigenvalue weighted by Gasteiger charge is 2.20. The molecule has 82 valence electrons. The van der Waals surface area contributed by atoms with Crippen molar-refractivity contribution >= 4 is 5.69 Å². The zero-order chi connectivity index (χ0) is 11.6. The first kappa shape index (κ1) is 11.3. The van der Waals surface area contributed by atoms with Crippen molar-refractivity contribution < 1.29 is 14.8 Å². The molecule has 1 aromatic rings. The smallest absolute Gasteiger partial charge is 0.314 e. The topological polar surface area (TPSA) is 72.6 Å². The molecule has 15 heavy (non-hydrogen) atoms. The lowest BCUT2D eigenvalue weighted by molar-refractivity contribution is -0.386. The third kappa shape index (κ3) is 2.18. The number of ether oxygens (including phenoxy) is 1. The molecule has 0 aromatic heterocycles. The average molecular weight is 211 g/mol. The molecule has 0 spiro atoms. The third-order valence-electron chi connectivity index (χ3n) is 2.16. The van der Waals surface area contributed by atoms with E-state index in [-0.39, 0.29) is 17.4 Å². The number of nitro benzene ring substituents is 1. The van der Waals surface area contributed by atoms with Crippen LogP contribution >= 0.6 is 0 Å². The van der Waals surface area contributed by atoms with E-state index >= 15 is 0 Å². The van der Waals surface area contributed by atoms with Crippen LogP contribution in [0.25, 0.3) is 0 Å². The molecule has 0 aliphatic rings. The van der Waals surface area contributed by atoms with Gasteiger partial charge < -0.3 is 9.84 Å². The summed E-state index contributed by atoms with van der Waals surface area (Å²) in [6, 6.07) is 2.97. The number of rotatable bonds is 3. The molecular formula is C10H13NO4. The number of nitrogens with zero attached hydrogens (tertiary/aromatic N) is 1. The molecule has 0 aliphatic heterocycles. The SMILES string of the molecule is COc1cc(C(C)C)cc([N+](=O)[O-])c1O. The number of nitro groups is 1. The van der Waals surface area contributed by atoms with Crippen molar-refractivity contribution in [2.75, 3.05) is 7.11 Å². The fraction of sp³-hybridized carbons (Fsp3) is 0.400. The molecule has 0 radical (unpaired) electrons. The van der Waals surface area contributed by atoms with Gasteiger partial charge in [0.25, 0.3) is 0 Å². The van der Waals surface area contributed by atoms with Gasteiger partial charge in [-0.2, -0.15) is 0 Å². The second kappa shape index (κ2) is 4.16. The molecule has 0 unspecified atom stereocenters. The zero-order valence-electron chi connectivity index (χ0n) is 8.85. The number of phenolic OH excluding ortho intramolecular Hbond substituents is 1. The number of benzene rings is 1. The Kier molecular flexibility index (Phi) is 3.14. The zero-order valence-corrected chi connectivity index (χ0v) is 8.85. The van der Waals surface area contributed by atoms with Gasteiger partial charge in [0.2, 0.25) is 5.75 Å². The maximum atomic E-state index is 10.7. The first-order valence-corrected chi connectivity index (χ1v) is 4.52. The number of aromatic hydroxyl groups is 1. The Labute approximate surface area is 87.5 Å². The van der Waals surface area contributed by atoms with Crippen molar-refractivity contribution in [2.45, 2.75) is 19.8 Å². The van der Waals surface area contributed by atoms with E-state index in [0.29, 0.717) is 0 Å². The molecule has 1 rings (SSSR count). The Bertz CT molecular complexity index is 387. The van der Waals surface area contributed by atoms with Crippen molar-refractivity contribution in [3.05, 3.63) is 27.8 Å². The van der Waals surface area contributed by atoms with Gasteiger partial charge in [-0.3, -0.25) is 10.1 Å². The molecule has 0 atom stereocenters. The summed E-state index contributed by atoms with van der Waals surface area (Å²) in [6.07, 6.45) is 0. The van der Waals surface area contributed by atoms with Gasteiger partial charge in [-0.1, -0.05) is 13.8 Å². The summed E-state index contributed by atoms with van der Waals surface area (Å²) in [5.74, 6) is -0.155. The molecule has 0 saturated heterocycles. The van der Waals surface area contributed by atoms with Gasteiger partial charge in [0.05, 0.1) is 12.0 Å². The Balaban J connectivity index is 3.38. The fourth-order valence-electron chi connectivity index (χ4n) is 1.24. The van der Waals surface area contributed by atoms with Crippen LogP contribution in [0.15, 0.2) is 12.1 Å². The molecule has 1 aromatic carbocycles. The van der Waals surface area contributed by atoms with Crippen LogP contribution in [0.5, 0.6) is 11.5 Å². The minimum absolute atomic E-state index is 0.132. The maximum absolute atomic E-state index is 10.7. The lowest BCUT2D eigenvalue weighted by atomic mass is 10.0. The average Bonchev–Trinajstić information content (AvgIpc) is 2.17. The molecule has 5 heteroatoms. The summed E-state index contributed by atoms with van der Waals surface area (Å²) in [7, 11) is 1.36. The standard InChI is InChI=1S/C10H13NO4/c1-6(2)7-4-8(11(13)14)10(12)9(5-7)15-3/h4-6,12H,1-3H3. The number of methoxy groups -OCH3 is 1. The van der Waals surface area contributed by atoms with E-state index in [4.69, 9.17) is 4.74 Å². The number of phenols is 1. The van der Waals surface area contributed by atoms with Crippen LogP contribution < -0.4 is 4.74 Å². The van der Waals surface area contributed by atoms with Crippen molar-refractivity contribution in [1.29, 1.82) is 0 Å². The van der Waals surface area contributed by atoms with Gasteiger partial charge in [0.15, 0.2) is 5.75 Å². The maximum Gasteiger partial charge on any atom is 0.314 e. The lowest BCUT2D eigenvalue weighted by Gasteiger charge is -2.09. The predicted octanol–water partition coefficient (Wildman–Crippen LogP) is 2.43. The molecule has 0 bridgehead atoms. The highest BCUT2D eigenvalue weighted by Crippen LogP contribution is 2.38. The second-order valence-corrected chi connectivity index (χ2v) is 3.50. The highest BCUT2D eigenvalue weighted by atomic mass is 16.6. The molecule has 5 nitrogen and oxygen atoms in total. The largest absolute Gasteiger partial charge is 0.500 e. The minimum Gasteiger partial charge on any atom is -0.500 e. The van der Waals surface area contributed by atoms with Gasteiger partial charge in [-0.25, -0.2) is 0 Å². The van der Waals surface area contributed by atoms with E-state index in [1.807, 2.05) is 13.8 Å². The first-order chi connectivity index (χ1) is 6.97. The van der Waals surface area contributed by atoms with Crippen LogP contribution in [-0.2, 0) is 0 Å². The van der Waals surface area contributed by atoms with Crippen LogP contribution in [0.4, 0.5) is 5.69 Å². The van der Waals surface area contributed by atoms with E-state index in [2.05, 4.69) is 0 Å². The van der Waals surface area contributed by atoms with E-state index < -0.39 is 10.7 Å². The summed E-state index contributed by atoms with van der Waals surface area (Å²) < 4.78 is 4.87. The first-order valence-electron chi connectivity index (χ1n) is 4.52. The van der Waals surface area contributed by atoms with Crippen molar-refractivity contribution in [3.63, 3.8) is 0 Å². The van der Waals surface area contributed by atoms with Gasteiger partial charge in [-0.05, 0) is 17.5 Å². The van der Waals surface area contributed by atoms with Crippen molar-refractivity contribution in [3.8, 4) is 11.5 Å². The summed E-state index contributed by atoms with van der Waals surface area (Å²) in [6.45, 7) is 3.82. The van der Waals surface area contributed by atoms with E-state index in [0.717, 1.165) is 5.56 Å². The quantitative estimate of drug-likeness (QED) is 0.615. The van der Waals surface area contributed by atoms with Crippen molar-refractivity contribution in [1.82, 2.24) is 0 Å². The van der Waals surface area contributed by atoms with Crippen LogP contribution in [0, 0.1) is 10.1 Å². The second-order valence-electron chi connectivity index (χ2n) is 3.50. The Hall–Kier alpha value is -1.78. The van der Waals surface area contributed by atoms with E-state index in [1.54, 1.807) is 6.07 Å². The van der Waals surface area contributed by atoms with Crippen LogP contribution in [0.1, 0.15) is 25.3 Å². The Morgan fingerprint density at radius 1 is 1.47 bits per heavy atom. The summed E-state index contributed by atoms with van der Waals surface area (Å²) in [5.41, 5.74) is 0.439. The molecule has 0 fully saturated rings. The fourth-order valence-corrected chi connectivity index (χ4v) is 1.24. The number of hydrogen-bond acceptors (Lipinski definition) is 4. The number of hydrogen-bond donors (Lipinski definition) is 1. The van der Waals surface area contributed by atoms with Gasteiger partial charge in [0, 0.05) is 6.07 Å². The van der Waals surface area contributed by atoms with Crippen LogP contribution in [-0.4, -0.2) is 17.1 Å². The molecule has 0 heterocycles. The molecule has 1 N–H and O–H groups in total. The van der Waals surface area contributed by atoms with Crippen LogP contribution in [0.2, 0.25) is 0 Å². The predicted molar refractivity (Wildman–Crippen MR) is 55.4 cm³/mol. The Morgan fingerprint density at radius 2 is 2.07 bits per heavy atom. The summed E-state index contributed by atoms with van der Waals surface area (Å²) in [5, 5.41) is 20.2. The third-order valence-corrected chi connectivity index (χ3v) is 2.16. The van der Waals surface area contributed by atoms with Crippen LogP contribution in [0.3, 0.4) is 0 Å². The normalized spacial score (nSPS) is 10.4. The Morgan fingerprint density at radius 3 is 2.47 bits per heavy atom. The highest BCUT2D eigenvalue weighted by molar-refractivity contribution is 5.57. The molecule has 0 aliphatic carbocycles. The van der Waals surface area contributed by atoms with E-state index in [1.165, 1.54) is 13.2 Å². The van der Waals surface area contributed by atoms with Gasteiger partial charge >= 0.3 is 5.69 Å². The van der Waals surface area contributed by atoms with Gasteiger partial charge in [0.1, 0.15) is 0 Å². The van der Waals surface area contributed by atoms with Gasteiger partial charge in [-0.15, -0.1) is 0 Å². The summed E-state index contributed by atoms with van der Waals surface area (Å²) in [4.78, 5) is 10.0. The molecule has 0 amide bonds.